The van der Waals surface area contributed by atoms with Gasteiger partial charge in [-0.2, -0.15) is 0 Å². The zero-order valence-electron chi connectivity index (χ0n) is 33.9. The Balaban J connectivity index is 0.948. The lowest BCUT2D eigenvalue weighted by Gasteiger charge is -2.53. The van der Waals surface area contributed by atoms with Crippen LogP contribution in [0.5, 0.6) is 0 Å². The molecule has 15 rings (SSSR count). The molecule has 6 saturated carbocycles. The van der Waals surface area contributed by atoms with E-state index in [9.17, 15) is 0 Å². The summed E-state index contributed by atoms with van der Waals surface area (Å²) in [6, 6.07) is 59.4. The molecule has 0 saturated heterocycles. The molecule has 8 aliphatic carbocycles. The quantitative estimate of drug-likeness (QED) is 0.173. The molecule has 2 spiro atoms. The Morgan fingerprint density at radius 3 is 1.85 bits per heavy atom. The van der Waals surface area contributed by atoms with Crippen molar-refractivity contribution < 1.29 is 0 Å². The fourth-order valence-corrected chi connectivity index (χ4v) is 15.6. The van der Waals surface area contributed by atoms with Gasteiger partial charge in [-0.1, -0.05) is 122 Å². The van der Waals surface area contributed by atoms with E-state index in [4.69, 9.17) is 0 Å². The lowest BCUT2D eigenvalue weighted by Crippen LogP contribution is -2.48. The van der Waals surface area contributed by atoms with Gasteiger partial charge < -0.3 is 4.90 Å². The summed E-state index contributed by atoms with van der Waals surface area (Å²) in [5.74, 6) is 4.95. The molecule has 8 aliphatic rings. The van der Waals surface area contributed by atoms with Crippen LogP contribution in [-0.4, -0.2) is 0 Å². The van der Waals surface area contributed by atoms with Gasteiger partial charge in [0.2, 0.25) is 0 Å². The molecule has 0 N–H and O–H groups in total. The predicted octanol–water partition coefficient (Wildman–Crippen LogP) is 15.2. The van der Waals surface area contributed by atoms with E-state index in [1.807, 2.05) is 0 Å². The Morgan fingerprint density at radius 1 is 0.373 bits per heavy atom. The second-order valence-corrected chi connectivity index (χ2v) is 20.1. The average molecular weight is 762 g/mol. The molecule has 6 bridgehead atoms. The van der Waals surface area contributed by atoms with Crippen molar-refractivity contribution in [1.29, 1.82) is 0 Å². The zero-order chi connectivity index (χ0) is 38.5. The normalized spacial score (nSPS) is 29.8. The SMILES string of the molecule is c1ccc2c(c1)-c1ccc(N(c3ccc(-c4ccc5ccccc5c4)cc3)c3ccc4c(c3)-c3ccccc3C43C4CCC5CC(C4)CC3C5)cc1C21CC2CCC1C2. The molecule has 0 heterocycles. The van der Waals surface area contributed by atoms with Crippen molar-refractivity contribution in [3.63, 3.8) is 0 Å². The van der Waals surface area contributed by atoms with E-state index in [1.54, 1.807) is 22.3 Å². The molecule has 0 aromatic heterocycles. The van der Waals surface area contributed by atoms with E-state index in [0.717, 1.165) is 35.5 Å². The second-order valence-electron chi connectivity index (χ2n) is 20.1. The van der Waals surface area contributed by atoms with Crippen LogP contribution in [-0.2, 0) is 10.8 Å². The minimum Gasteiger partial charge on any atom is -0.310 e. The predicted molar refractivity (Wildman–Crippen MR) is 244 cm³/mol. The molecule has 8 atom stereocenters. The lowest BCUT2D eigenvalue weighted by molar-refractivity contribution is 0.0618. The van der Waals surface area contributed by atoms with E-state index in [2.05, 4.69) is 157 Å². The Hall–Kier alpha value is -5.40. The Morgan fingerprint density at radius 2 is 1.00 bits per heavy atom. The van der Waals surface area contributed by atoms with Crippen molar-refractivity contribution in [2.45, 2.75) is 75.0 Å². The van der Waals surface area contributed by atoms with E-state index in [1.165, 1.54) is 125 Å². The largest absolute Gasteiger partial charge is 0.310 e. The summed E-state index contributed by atoms with van der Waals surface area (Å²) in [5, 5.41) is 2.57. The van der Waals surface area contributed by atoms with Crippen molar-refractivity contribution in [2.24, 2.45) is 35.5 Å². The minimum absolute atomic E-state index is 0.137. The van der Waals surface area contributed by atoms with Crippen LogP contribution in [0.2, 0.25) is 0 Å². The molecular formula is C58H51N. The number of benzene rings is 7. The third kappa shape index (κ3) is 4.47. The molecule has 59 heavy (non-hydrogen) atoms. The topological polar surface area (TPSA) is 3.24 Å². The summed E-state index contributed by atoms with van der Waals surface area (Å²) in [6.45, 7) is 0. The van der Waals surface area contributed by atoms with E-state index < -0.39 is 0 Å². The van der Waals surface area contributed by atoms with Gasteiger partial charge in [0, 0.05) is 27.9 Å². The Kier molecular flexibility index (Phi) is 6.85. The van der Waals surface area contributed by atoms with Crippen LogP contribution in [0.15, 0.2) is 152 Å². The molecule has 0 aliphatic heterocycles. The molecule has 8 unspecified atom stereocenters. The zero-order valence-corrected chi connectivity index (χ0v) is 33.9. The standard InChI is InChI=1S/C58H51N/c1-2-8-41-32-42(16-15-39(41)7-1)40-17-21-46(22-18-40)59(48-23-25-51-49-9-3-5-11-53(49)57(56(51)34-48)35-37-14-19-43(57)29-37)47-24-26-55-52(33-47)50-10-4-6-12-54(50)58(55)44-20-13-36-27-38(30-44)31-45(58)28-36/h1-12,15-18,21-26,32-34,36-38,43-45H,13-14,19-20,27-31,35H2. The molecule has 6 fully saturated rings. The van der Waals surface area contributed by atoms with Crippen LogP contribution >= 0.6 is 0 Å². The minimum atomic E-state index is 0.137. The van der Waals surface area contributed by atoms with Crippen molar-refractivity contribution >= 4 is 27.8 Å². The Labute approximate surface area is 349 Å². The van der Waals surface area contributed by atoms with Gasteiger partial charge >= 0.3 is 0 Å². The number of hydrogen-bond acceptors (Lipinski definition) is 1. The van der Waals surface area contributed by atoms with Gasteiger partial charge in [0.25, 0.3) is 0 Å². The van der Waals surface area contributed by atoms with Crippen molar-refractivity contribution in [3.05, 3.63) is 174 Å². The first-order chi connectivity index (χ1) is 29.1. The highest BCUT2D eigenvalue weighted by Gasteiger charge is 2.60. The molecule has 7 aromatic carbocycles. The molecule has 1 nitrogen and oxygen atoms in total. The van der Waals surface area contributed by atoms with Gasteiger partial charge in [0.1, 0.15) is 0 Å². The Bertz CT molecular complexity index is 2850. The molecule has 288 valence electrons. The highest BCUT2D eigenvalue weighted by Crippen LogP contribution is 2.69. The van der Waals surface area contributed by atoms with E-state index in [0.29, 0.717) is 0 Å². The lowest BCUT2D eigenvalue weighted by atomic mass is 9.51. The van der Waals surface area contributed by atoms with Crippen LogP contribution in [0.1, 0.15) is 86.5 Å². The first-order valence-electron chi connectivity index (χ1n) is 23.0. The fourth-order valence-electron chi connectivity index (χ4n) is 15.6. The maximum Gasteiger partial charge on any atom is 0.0468 e. The summed E-state index contributed by atoms with van der Waals surface area (Å²) in [7, 11) is 0. The maximum absolute atomic E-state index is 2.64. The van der Waals surface area contributed by atoms with E-state index in [-0.39, 0.29) is 10.8 Å². The van der Waals surface area contributed by atoms with Crippen LogP contribution in [0.25, 0.3) is 44.2 Å². The first-order valence-corrected chi connectivity index (χ1v) is 23.0. The third-order valence-corrected chi connectivity index (χ3v) is 17.6. The summed E-state index contributed by atoms with van der Waals surface area (Å²) >= 11 is 0. The number of nitrogens with zero attached hydrogens (tertiary/aromatic N) is 1. The van der Waals surface area contributed by atoms with Gasteiger partial charge in [-0.25, -0.2) is 0 Å². The summed E-state index contributed by atoms with van der Waals surface area (Å²) in [6.07, 6.45) is 14.0. The van der Waals surface area contributed by atoms with Crippen molar-refractivity contribution in [2.75, 3.05) is 4.90 Å². The van der Waals surface area contributed by atoms with Crippen LogP contribution in [0.3, 0.4) is 0 Å². The van der Waals surface area contributed by atoms with Crippen LogP contribution in [0.4, 0.5) is 17.1 Å². The molecule has 7 aromatic rings. The summed E-state index contributed by atoms with van der Waals surface area (Å²) in [4.78, 5) is 2.60. The van der Waals surface area contributed by atoms with Gasteiger partial charge in [0.15, 0.2) is 0 Å². The highest BCUT2D eigenvalue weighted by molar-refractivity contribution is 5.91. The summed E-state index contributed by atoms with van der Waals surface area (Å²) < 4.78 is 0. The number of anilines is 3. The highest BCUT2D eigenvalue weighted by atomic mass is 15.1. The van der Waals surface area contributed by atoms with Crippen LogP contribution < -0.4 is 4.90 Å². The molecule has 0 radical (unpaired) electrons. The average Bonchev–Trinajstić information content (AvgIpc) is 4.01. The molecule has 1 heteroatoms. The summed E-state index contributed by atoms with van der Waals surface area (Å²) in [5.41, 5.74) is 19.0. The van der Waals surface area contributed by atoms with Crippen LogP contribution in [0, 0.1) is 35.5 Å². The molecule has 0 amide bonds. The monoisotopic (exact) mass is 761 g/mol. The van der Waals surface area contributed by atoms with Crippen molar-refractivity contribution in [3.8, 4) is 33.4 Å². The second kappa shape index (κ2) is 12.1. The number of fused-ring (bicyclic) bond motifs is 13. The van der Waals surface area contributed by atoms with Gasteiger partial charge in [0.05, 0.1) is 0 Å². The fraction of sp³-hybridized carbons (Fsp3) is 0.310. The smallest absolute Gasteiger partial charge is 0.0468 e. The third-order valence-electron chi connectivity index (χ3n) is 17.6. The van der Waals surface area contributed by atoms with Crippen molar-refractivity contribution in [1.82, 2.24) is 0 Å². The number of hydrogen-bond donors (Lipinski definition) is 0. The van der Waals surface area contributed by atoms with Gasteiger partial charge in [-0.05, 0) is 196 Å². The van der Waals surface area contributed by atoms with E-state index >= 15 is 0 Å². The number of rotatable bonds is 4. The van der Waals surface area contributed by atoms with Gasteiger partial charge in [-0.3, -0.25) is 0 Å². The molecular weight excluding hydrogens is 711 g/mol. The van der Waals surface area contributed by atoms with Gasteiger partial charge in [-0.15, -0.1) is 0 Å². The first kappa shape index (κ1) is 33.4. The maximum atomic E-state index is 2.64.